The summed E-state index contributed by atoms with van der Waals surface area (Å²) < 4.78 is 59.3. The van der Waals surface area contributed by atoms with Gasteiger partial charge in [0.05, 0.1) is 136 Å². The average molecular weight is 1390 g/mol. The second-order valence-electron chi connectivity index (χ2n) is 21.7. The first kappa shape index (κ1) is 85.8. The Morgan fingerprint density at radius 3 is 0.747 bits per heavy atom. The molecule has 0 amide bonds. The number of methoxy groups -OCH3 is 6. The number of carbonyl (C=O) groups is 10. The smallest absolute Gasteiger partial charge is 0.338 e. The van der Waals surface area contributed by atoms with Crippen molar-refractivity contribution in [3.05, 3.63) is 176 Å². The van der Waals surface area contributed by atoms with Crippen molar-refractivity contribution in [2.45, 2.75) is 127 Å². The minimum absolute atomic E-state index is 0.0106. The lowest BCUT2D eigenvalue weighted by atomic mass is 10.1. The molecule has 6 aromatic rings. The molecule has 0 spiro atoms. The fourth-order valence-electron chi connectivity index (χ4n) is 7.73. The summed E-state index contributed by atoms with van der Waals surface area (Å²) in [6.07, 6.45) is -0.247. The lowest BCUT2D eigenvalue weighted by Crippen LogP contribution is -2.10. The number of benzene rings is 6. The Bertz CT molecular complexity index is 3630. The number of aliphatic hydroxyl groups excluding tert-OH is 2. The van der Waals surface area contributed by atoms with Gasteiger partial charge in [-0.2, -0.15) is 0 Å². The highest BCUT2D eigenvalue weighted by molar-refractivity contribution is 5.98. The Labute approximate surface area is 572 Å². The lowest BCUT2D eigenvalue weighted by molar-refractivity contribution is -0.142. The van der Waals surface area contributed by atoms with Gasteiger partial charge < -0.3 is 87.5 Å². The summed E-state index contributed by atoms with van der Waals surface area (Å²) in [4.78, 5) is 111. The summed E-state index contributed by atoms with van der Waals surface area (Å²) in [5.74, 6) is -4.94. The number of aliphatic hydroxyl groups is 2. The number of carbonyl (C=O) groups excluding carboxylic acids is 7. The van der Waals surface area contributed by atoms with Gasteiger partial charge in [0, 0.05) is 6.92 Å². The van der Waals surface area contributed by atoms with Crippen LogP contribution in [0.1, 0.15) is 186 Å². The summed E-state index contributed by atoms with van der Waals surface area (Å²) in [6, 6.07) is 26.2. The number of phenolic OH excluding ortho intramolecular Hbond substituents is 1. The monoisotopic (exact) mass is 1390 g/mol. The van der Waals surface area contributed by atoms with Crippen LogP contribution in [0.2, 0.25) is 0 Å². The van der Waals surface area contributed by atoms with Crippen molar-refractivity contribution in [1.29, 1.82) is 0 Å². The Morgan fingerprint density at radius 1 is 0.303 bits per heavy atom. The van der Waals surface area contributed by atoms with Crippen molar-refractivity contribution in [1.82, 2.24) is 0 Å². The molecule has 538 valence electrons. The molecule has 6 aromatic carbocycles. The molecule has 0 heterocycles. The number of aromatic hydroxyl groups is 1. The van der Waals surface area contributed by atoms with E-state index in [1.54, 1.807) is 30.3 Å². The Kier molecular flexibility index (Phi) is 37.9. The van der Waals surface area contributed by atoms with Crippen LogP contribution >= 0.6 is 0 Å². The van der Waals surface area contributed by atoms with Crippen LogP contribution in [-0.2, 0) is 57.8 Å². The third kappa shape index (κ3) is 32.8. The fourth-order valence-corrected chi connectivity index (χ4v) is 7.73. The molecule has 28 nitrogen and oxygen atoms in total. The minimum atomic E-state index is -1.12. The van der Waals surface area contributed by atoms with E-state index in [0.717, 1.165) is 0 Å². The van der Waals surface area contributed by atoms with E-state index in [1.807, 2.05) is 69.2 Å². The molecule has 0 atom stereocenters. The first-order chi connectivity index (χ1) is 46.5. The van der Waals surface area contributed by atoms with Crippen LogP contribution in [0.25, 0.3) is 0 Å². The fraction of sp³-hybridized carbons (Fsp3) is 0.352. The van der Waals surface area contributed by atoms with E-state index in [-0.39, 0.29) is 101 Å². The highest BCUT2D eigenvalue weighted by Crippen LogP contribution is 2.25. The molecule has 0 saturated carbocycles. The van der Waals surface area contributed by atoms with E-state index in [0.29, 0.717) is 51.0 Å². The third-order valence-electron chi connectivity index (χ3n) is 11.6. The topological polar surface area (TPSA) is 403 Å². The minimum Gasteiger partial charge on any atom is -0.508 e. The van der Waals surface area contributed by atoms with Crippen molar-refractivity contribution in [3.63, 3.8) is 0 Å². The predicted molar refractivity (Wildman–Crippen MR) is 355 cm³/mol. The molecule has 0 bridgehead atoms. The van der Waals surface area contributed by atoms with E-state index in [1.165, 1.54) is 128 Å². The molecule has 6 rings (SSSR count). The van der Waals surface area contributed by atoms with Crippen molar-refractivity contribution in [2.24, 2.45) is 0 Å². The van der Waals surface area contributed by atoms with Gasteiger partial charge in [0.25, 0.3) is 0 Å². The van der Waals surface area contributed by atoms with E-state index in [9.17, 15) is 53.1 Å². The molecule has 28 heteroatoms. The van der Waals surface area contributed by atoms with Gasteiger partial charge in [-0.3, -0.25) is 4.79 Å². The second kappa shape index (κ2) is 43.7. The van der Waals surface area contributed by atoms with Gasteiger partial charge in [-0.15, -0.1) is 0 Å². The summed E-state index contributed by atoms with van der Waals surface area (Å²) >= 11 is 0. The molecule has 6 N–H and O–H groups in total. The normalized spacial score (nSPS) is 10.1. The van der Waals surface area contributed by atoms with Crippen LogP contribution in [0.5, 0.6) is 34.5 Å². The van der Waals surface area contributed by atoms with Crippen molar-refractivity contribution < 1.29 is 135 Å². The van der Waals surface area contributed by atoms with Crippen molar-refractivity contribution >= 4 is 59.7 Å². The van der Waals surface area contributed by atoms with Crippen molar-refractivity contribution in [2.75, 3.05) is 42.7 Å². The zero-order valence-corrected chi connectivity index (χ0v) is 58.1. The molecular weight excluding hydrogens is 1300 g/mol. The van der Waals surface area contributed by atoms with E-state index >= 15 is 0 Å². The van der Waals surface area contributed by atoms with Gasteiger partial charge in [0.15, 0.2) is 0 Å². The molecule has 99 heavy (non-hydrogen) atoms. The van der Waals surface area contributed by atoms with Crippen LogP contribution in [0.4, 0.5) is 0 Å². The molecular formula is C71H86O28. The predicted octanol–water partition coefficient (Wildman–Crippen LogP) is 10.6. The maximum atomic E-state index is 11.5. The van der Waals surface area contributed by atoms with Gasteiger partial charge in [0.1, 0.15) is 41.1 Å². The maximum absolute atomic E-state index is 11.5. The zero-order chi connectivity index (χ0) is 75.4. The number of rotatable bonds is 23. The summed E-state index contributed by atoms with van der Waals surface area (Å²) in [6.45, 7) is 19.5. The first-order valence-electron chi connectivity index (χ1n) is 29.9. The largest absolute Gasteiger partial charge is 0.508 e. The number of carboxylic acids is 3. The zero-order valence-electron chi connectivity index (χ0n) is 58.1. The highest BCUT2D eigenvalue weighted by atomic mass is 16.6. The standard InChI is InChI=1S/2C13H16O5.C12H14O5.C12H16O4.C11H14O4.C10H10O5/c1-8(2)18-11-6-9(12(14)16-3)5-10(7-11)13(15)17-4;1-8(2)18-12-5-10(7-17-9(3)14)4-11(6-12)13(15)16;1-7(2)17-10-5-8(11(13)14)4-9(6-10)12(15)16-3;1-8(2)16-11-5-9(7-13)4-10(6-11)12(14)15-3;1-7(2)15-10-4-8(6-12)3-9(5-10)11(13)14;1-14-9(12)6-3-7(10(13)15-2)5-8(11)4-6/h5-8H,1-4H3;4-6,8H,7H2,1-3H3,(H,15,16);4-7H,1-3H3,(H,13,14);4-6,8,13H,7H2,1-3H3;3-5,7,12H,6H2,1-2H3,(H,13,14);3-5,11H,1-2H3. The molecule has 0 radical (unpaired) electrons. The number of hydrogen-bond donors (Lipinski definition) is 6. The number of ether oxygens (including phenoxy) is 12. The summed E-state index contributed by atoms with van der Waals surface area (Å²) in [5, 5.41) is 54.0. The number of esters is 7. The molecule has 0 unspecified atom stereocenters. The van der Waals surface area contributed by atoms with Crippen LogP contribution in [-0.4, -0.2) is 164 Å². The van der Waals surface area contributed by atoms with Crippen LogP contribution in [0.3, 0.4) is 0 Å². The van der Waals surface area contributed by atoms with Gasteiger partial charge in [-0.05, 0) is 195 Å². The number of carboxylic acid groups (broad SMARTS) is 3. The first-order valence-corrected chi connectivity index (χ1v) is 29.9. The average Bonchev–Trinajstić information content (AvgIpc) is 0.882. The summed E-state index contributed by atoms with van der Waals surface area (Å²) in [7, 11) is 7.52. The van der Waals surface area contributed by atoms with Crippen molar-refractivity contribution in [3.8, 4) is 34.5 Å². The Hall–Kier alpha value is -11.3. The highest BCUT2D eigenvalue weighted by Gasteiger charge is 2.19. The van der Waals surface area contributed by atoms with Gasteiger partial charge >= 0.3 is 59.7 Å². The van der Waals surface area contributed by atoms with Gasteiger partial charge in [-0.25, -0.2) is 43.2 Å². The molecule has 0 aliphatic rings. The molecule has 0 aromatic heterocycles. The number of phenols is 1. The SMILES string of the molecule is CC(=O)OCc1cc(OC(C)C)cc(C(=O)O)c1.CC(C)Oc1cc(CO)cc(C(=O)O)c1.COC(=O)c1cc(CO)cc(OC(C)C)c1.COC(=O)c1cc(O)cc(C(=O)OC)c1.COC(=O)c1cc(OC(C)C)cc(C(=O)O)c1.COC(=O)c1cc(OC(C)C)cc(C(=O)OC)c1. The maximum Gasteiger partial charge on any atom is 0.338 e. The van der Waals surface area contributed by atoms with Crippen LogP contribution < -0.4 is 23.7 Å². The van der Waals surface area contributed by atoms with Crippen LogP contribution in [0, 0.1) is 0 Å². The summed E-state index contributed by atoms with van der Waals surface area (Å²) in [5.41, 5.74) is 3.18. The van der Waals surface area contributed by atoms with E-state index in [2.05, 4.69) is 28.4 Å². The third-order valence-corrected chi connectivity index (χ3v) is 11.6. The van der Waals surface area contributed by atoms with Gasteiger partial charge in [0.2, 0.25) is 0 Å². The van der Waals surface area contributed by atoms with Crippen LogP contribution in [0.15, 0.2) is 109 Å². The van der Waals surface area contributed by atoms with E-state index < -0.39 is 59.7 Å². The Morgan fingerprint density at radius 2 is 0.505 bits per heavy atom. The second-order valence-corrected chi connectivity index (χ2v) is 21.7. The number of aromatic carboxylic acids is 3. The Balaban J connectivity index is 0.000000595. The van der Waals surface area contributed by atoms with E-state index in [4.69, 9.17) is 54.0 Å². The molecule has 0 saturated heterocycles. The lowest BCUT2D eigenvalue weighted by Gasteiger charge is -2.12. The molecule has 0 fully saturated rings. The quantitative estimate of drug-likeness (QED) is 0.0256. The molecule has 0 aliphatic carbocycles. The number of hydrogen-bond acceptors (Lipinski definition) is 25. The molecule has 0 aliphatic heterocycles. The van der Waals surface area contributed by atoms with Gasteiger partial charge in [-0.1, -0.05) is 0 Å².